The van der Waals surface area contributed by atoms with Gasteiger partial charge in [0.1, 0.15) is 0 Å². The molecular weight excluding hydrogens is 180 g/mol. The number of rotatable bonds is 0. The summed E-state index contributed by atoms with van der Waals surface area (Å²) in [5.41, 5.74) is 0.0475. The van der Waals surface area contributed by atoms with Crippen molar-refractivity contribution in [2.24, 2.45) is 11.3 Å². The van der Waals surface area contributed by atoms with Gasteiger partial charge in [-0.2, -0.15) is 12.6 Å². The minimum atomic E-state index is -0.351. The summed E-state index contributed by atoms with van der Waals surface area (Å²) in [6, 6.07) is 0. The van der Waals surface area contributed by atoms with E-state index in [0.717, 1.165) is 25.2 Å². The highest BCUT2D eigenvalue weighted by molar-refractivity contribution is 7.81. The maximum Gasteiger partial charge on any atom is 0.0668 e. The molecule has 4 rings (SSSR count). The molecule has 0 aromatic rings. The first-order valence-electron chi connectivity index (χ1n) is 5.35. The van der Waals surface area contributed by atoms with Crippen LogP contribution in [-0.2, 0) is 0 Å². The van der Waals surface area contributed by atoms with Crippen LogP contribution in [0.15, 0.2) is 0 Å². The zero-order valence-corrected chi connectivity index (χ0v) is 9.11. The first kappa shape index (κ1) is 8.60. The third-order valence-corrected chi connectivity index (χ3v) is 4.79. The Labute approximate surface area is 85.3 Å². The van der Waals surface area contributed by atoms with Crippen LogP contribution >= 0.6 is 12.6 Å². The van der Waals surface area contributed by atoms with E-state index in [0.29, 0.717) is 5.41 Å². The minimum absolute atomic E-state index is 0.170. The van der Waals surface area contributed by atoms with Crippen LogP contribution in [0.2, 0.25) is 0 Å². The molecule has 4 saturated carbocycles. The Morgan fingerprint density at radius 3 is 2.46 bits per heavy atom. The van der Waals surface area contributed by atoms with E-state index >= 15 is 0 Å². The van der Waals surface area contributed by atoms with E-state index in [1.54, 1.807) is 0 Å². The third-order valence-electron chi connectivity index (χ3n) is 4.29. The summed E-state index contributed by atoms with van der Waals surface area (Å²) in [5, 5.41) is 10.4. The predicted octanol–water partition coefficient (Wildman–Crippen LogP) is 2.39. The molecule has 13 heavy (non-hydrogen) atoms. The van der Waals surface area contributed by atoms with Crippen LogP contribution in [-0.4, -0.2) is 15.5 Å². The zero-order valence-electron chi connectivity index (χ0n) is 8.21. The van der Waals surface area contributed by atoms with Crippen molar-refractivity contribution in [1.82, 2.24) is 0 Å². The molecule has 0 aromatic heterocycles. The standard InChI is InChI=1S/C11H18OS/c1-9-2-8-3-10(12,5-9)7-11(13,4-8)6-9/h8,12-13H,2-7H2,1H3/t8-,9+,10+,11-/m1/s1. The smallest absolute Gasteiger partial charge is 0.0668 e. The van der Waals surface area contributed by atoms with Gasteiger partial charge in [-0.15, -0.1) is 0 Å². The van der Waals surface area contributed by atoms with Crippen LogP contribution in [0.5, 0.6) is 0 Å². The number of thiol groups is 1. The Balaban J connectivity index is 2.03. The second kappa shape index (κ2) is 2.11. The lowest BCUT2D eigenvalue weighted by molar-refractivity contribution is -0.146. The lowest BCUT2D eigenvalue weighted by Gasteiger charge is -2.63. The molecule has 2 heteroatoms. The van der Waals surface area contributed by atoms with Crippen LogP contribution < -0.4 is 0 Å². The third kappa shape index (κ3) is 1.18. The zero-order chi connectivity index (χ0) is 9.32. The average molecular weight is 198 g/mol. The second-order valence-electron chi connectivity index (χ2n) is 6.27. The summed E-state index contributed by atoms with van der Waals surface area (Å²) in [4.78, 5) is 0. The molecule has 0 aliphatic heterocycles. The van der Waals surface area contributed by atoms with Crippen molar-refractivity contribution in [2.45, 2.75) is 55.8 Å². The number of aliphatic hydroxyl groups is 1. The molecule has 1 N–H and O–H groups in total. The van der Waals surface area contributed by atoms with Crippen LogP contribution in [0, 0.1) is 11.3 Å². The molecule has 1 nitrogen and oxygen atoms in total. The van der Waals surface area contributed by atoms with Crippen LogP contribution in [0.4, 0.5) is 0 Å². The molecule has 0 amide bonds. The van der Waals surface area contributed by atoms with Crippen molar-refractivity contribution in [3.8, 4) is 0 Å². The van der Waals surface area contributed by atoms with Crippen molar-refractivity contribution < 1.29 is 5.11 Å². The highest BCUT2D eigenvalue weighted by atomic mass is 32.1. The molecule has 4 bridgehead atoms. The van der Waals surface area contributed by atoms with E-state index in [4.69, 9.17) is 12.6 Å². The lowest BCUT2D eigenvalue weighted by atomic mass is 9.48. The monoisotopic (exact) mass is 198 g/mol. The van der Waals surface area contributed by atoms with Gasteiger partial charge in [0.05, 0.1) is 5.60 Å². The molecule has 4 aliphatic rings. The Bertz CT molecular complexity index is 212. The molecule has 4 fully saturated rings. The Morgan fingerprint density at radius 1 is 1.15 bits per heavy atom. The first-order chi connectivity index (χ1) is 5.91. The van der Waals surface area contributed by atoms with E-state index in [-0.39, 0.29) is 10.3 Å². The SMILES string of the molecule is C[C@]12C[C@@H]3C[C@](O)(C1)C[C@@](S)(C3)C2. The molecule has 74 valence electrons. The summed E-state index contributed by atoms with van der Waals surface area (Å²) in [7, 11) is 0. The Morgan fingerprint density at radius 2 is 1.92 bits per heavy atom. The van der Waals surface area contributed by atoms with Gasteiger partial charge in [0.15, 0.2) is 0 Å². The molecule has 0 saturated heterocycles. The van der Waals surface area contributed by atoms with Gasteiger partial charge in [0.25, 0.3) is 0 Å². The van der Waals surface area contributed by atoms with Crippen molar-refractivity contribution in [2.75, 3.05) is 0 Å². The van der Waals surface area contributed by atoms with E-state index < -0.39 is 0 Å². The molecular formula is C11H18OS. The van der Waals surface area contributed by atoms with Crippen LogP contribution in [0.1, 0.15) is 45.4 Å². The van der Waals surface area contributed by atoms with E-state index in [9.17, 15) is 5.11 Å². The largest absolute Gasteiger partial charge is 0.390 e. The van der Waals surface area contributed by atoms with Gasteiger partial charge in [0, 0.05) is 4.75 Å². The van der Waals surface area contributed by atoms with E-state index in [2.05, 4.69) is 6.92 Å². The van der Waals surface area contributed by atoms with Gasteiger partial charge in [-0.1, -0.05) is 6.92 Å². The fourth-order valence-electron chi connectivity index (χ4n) is 4.81. The van der Waals surface area contributed by atoms with Crippen molar-refractivity contribution >= 4 is 12.6 Å². The van der Waals surface area contributed by atoms with Gasteiger partial charge in [-0.25, -0.2) is 0 Å². The maximum absolute atomic E-state index is 10.4. The van der Waals surface area contributed by atoms with E-state index in [1.165, 1.54) is 19.3 Å². The Hall–Kier alpha value is 0.310. The topological polar surface area (TPSA) is 20.2 Å². The molecule has 0 spiro atoms. The fraction of sp³-hybridized carbons (Fsp3) is 1.00. The summed E-state index contributed by atoms with van der Waals surface area (Å²) >= 11 is 4.80. The molecule has 0 radical (unpaired) electrons. The van der Waals surface area contributed by atoms with Crippen molar-refractivity contribution in [3.05, 3.63) is 0 Å². The second-order valence-corrected chi connectivity index (χ2v) is 7.22. The highest BCUT2D eigenvalue weighted by Crippen LogP contribution is 2.64. The predicted molar refractivity (Wildman–Crippen MR) is 56.0 cm³/mol. The van der Waals surface area contributed by atoms with Crippen LogP contribution in [0.25, 0.3) is 0 Å². The summed E-state index contributed by atoms with van der Waals surface area (Å²) in [5.74, 6) is 0.753. The highest BCUT2D eigenvalue weighted by Gasteiger charge is 2.60. The first-order valence-corrected chi connectivity index (χ1v) is 5.80. The van der Waals surface area contributed by atoms with Crippen LogP contribution in [0.3, 0.4) is 0 Å². The molecule has 0 heterocycles. The average Bonchev–Trinajstić information content (AvgIpc) is 1.71. The van der Waals surface area contributed by atoms with Gasteiger partial charge in [0.2, 0.25) is 0 Å². The molecule has 0 unspecified atom stereocenters. The van der Waals surface area contributed by atoms with Gasteiger partial charge >= 0.3 is 0 Å². The lowest BCUT2D eigenvalue weighted by Crippen LogP contribution is -2.60. The van der Waals surface area contributed by atoms with Crippen molar-refractivity contribution in [1.29, 1.82) is 0 Å². The Kier molecular flexibility index (Phi) is 1.40. The number of hydrogen-bond donors (Lipinski definition) is 2. The van der Waals surface area contributed by atoms with Gasteiger partial charge in [-0.3, -0.25) is 0 Å². The quantitative estimate of drug-likeness (QED) is 0.573. The molecule has 0 aromatic carbocycles. The minimum Gasteiger partial charge on any atom is -0.390 e. The summed E-state index contributed by atoms with van der Waals surface area (Å²) in [6.45, 7) is 2.34. The number of hydrogen-bond acceptors (Lipinski definition) is 2. The molecule has 4 atom stereocenters. The van der Waals surface area contributed by atoms with E-state index in [1.807, 2.05) is 0 Å². The normalized spacial score (nSPS) is 64.4. The summed E-state index contributed by atoms with van der Waals surface area (Å²) < 4.78 is 0.170. The maximum atomic E-state index is 10.4. The van der Waals surface area contributed by atoms with Crippen molar-refractivity contribution in [3.63, 3.8) is 0 Å². The van der Waals surface area contributed by atoms with Gasteiger partial charge < -0.3 is 5.11 Å². The fourth-order valence-corrected chi connectivity index (χ4v) is 5.74. The van der Waals surface area contributed by atoms with Gasteiger partial charge in [-0.05, 0) is 49.9 Å². The summed E-state index contributed by atoms with van der Waals surface area (Å²) in [6.07, 6.45) is 6.81. The molecule has 4 aliphatic carbocycles.